The minimum Gasteiger partial charge on any atom is -0.559 e. The summed E-state index contributed by atoms with van der Waals surface area (Å²) in [4.78, 5) is 4.79. The summed E-state index contributed by atoms with van der Waals surface area (Å²) in [6.45, 7) is 5.59. The van der Waals surface area contributed by atoms with Crippen LogP contribution < -0.4 is 9.39 Å². The summed E-state index contributed by atoms with van der Waals surface area (Å²) in [5, 5.41) is 2.15. The van der Waals surface area contributed by atoms with Gasteiger partial charge in [0.25, 0.3) is 0 Å². The topological polar surface area (TPSA) is 39.3 Å². The third kappa shape index (κ3) is 6.37. The van der Waals surface area contributed by atoms with Gasteiger partial charge < -0.3 is 14.0 Å². The molecule has 0 atom stereocenters. The number of aromatic nitrogens is 2. The number of benzene rings is 6. The lowest BCUT2D eigenvalue weighted by Crippen LogP contribution is -2.22. The number of hydrogen-bond donors (Lipinski definition) is 0. The Balaban J connectivity index is 1.08. The highest BCUT2D eigenvalue weighted by Gasteiger charge is 2.23. The summed E-state index contributed by atoms with van der Waals surface area (Å²) < 4.78 is 102. The molecule has 9 rings (SSSR count). The molecule has 5 nitrogen and oxygen atoms in total. The fraction of sp³-hybridized carbons (Fsp3) is 0.0833. The van der Waals surface area contributed by atoms with E-state index in [0.29, 0.717) is 17.2 Å². The molecule has 0 N–H and O–H groups in total. The first-order chi connectivity index (χ1) is 30.5. The Morgan fingerprint density at radius 2 is 1.39 bits per heavy atom. The second kappa shape index (κ2) is 13.7. The lowest BCUT2D eigenvalue weighted by molar-refractivity contribution is -0.350. The zero-order valence-corrected chi connectivity index (χ0v) is 29.7. The normalized spacial score (nSPS) is 15.3. The van der Waals surface area contributed by atoms with Crippen molar-refractivity contribution < 1.29 is 27.7 Å². The summed E-state index contributed by atoms with van der Waals surface area (Å²) in [5.74, 6) is 3.58. The molecule has 0 spiro atoms. The van der Waals surface area contributed by atoms with Crippen molar-refractivity contribution in [2.75, 3.05) is 0 Å². The molecule has 0 saturated heterocycles. The van der Waals surface area contributed by atoms with Gasteiger partial charge in [-0.2, -0.15) is 0 Å². The van der Waals surface area contributed by atoms with Crippen LogP contribution in [0.5, 0.6) is 17.2 Å². The second-order valence-electron chi connectivity index (χ2n) is 13.8. The molecule has 0 radical (unpaired) electrons. The summed E-state index contributed by atoms with van der Waals surface area (Å²) in [6, 6.07) is 24.9. The standard InChI is InChI=1S/C48H38BN3O2/c1-48(2,3)36-26-28-50-46(30-36)52-44-23-11-10-20-42(44)43-25-24-39(32-45(43)52)53-38-19-12-18-37(31-38)51-29-27-49(33-51)54-47-40(34-14-6-4-7-15-34)21-13-22-41(47)35-16-8-5-9-17-35/h4-32H,1-3H3/i4D,5D,6D,7D,8D,9D,14D,15D,16D,17D. The summed E-state index contributed by atoms with van der Waals surface area (Å²) in [5.41, 5.74) is 3.51. The maximum atomic E-state index is 8.76. The molecule has 54 heavy (non-hydrogen) atoms. The Bertz CT molecular complexity index is 3160. The number of pyridine rings is 1. The maximum absolute atomic E-state index is 8.76. The van der Waals surface area contributed by atoms with Crippen LogP contribution in [0.25, 0.3) is 49.9 Å². The van der Waals surface area contributed by atoms with E-state index in [9.17, 15) is 0 Å². The highest BCUT2D eigenvalue weighted by Crippen LogP contribution is 2.40. The highest BCUT2D eigenvalue weighted by atomic mass is 16.5. The predicted molar refractivity (Wildman–Crippen MR) is 222 cm³/mol. The van der Waals surface area contributed by atoms with E-state index >= 15 is 0 Å². The van der Waals surface area contributed by atoms with Crippen molar-refractivity contribution >= 4 is 40.5 Å². The molecule has 260 valence electrons. The fourth-order valence-electron chi connectivity index (χ4n) is 6.67. The molecule has 6 aromatic carbocycles. The molecule has 6 heteroatoms. The van der Waals surface area contributed by atoms with Crippen LogP contribution in [0, 0.1) is 0 Å². The molecular formula is C48H38BN3O2. The Hall–Kier alpha value is -6.66. The first kappa shape index (κ1) is 23.8. The van der Waals surface area contributed by atoms with E-state index in [4.69, 9.17) is 28.1 Å². The average molecular weight is 710 g/mol. The first-order valence-electron chi connectivity index (χ1n) is 22.5. The molecule has 1 aliphatic heterocycles. The Morgan fingerprint density at radius 3 is 2.13 bits per heavy atom. The van der Waals surface area contributed by atoms with Gasteiger partial charge in [-0.3, -0.25) is 4.57 Å². The van der Waals surface area contributed by atoms with Crippen LogP contribution in [-0.4, -0.2) is 27.2 Å². The Labute approximate surface area is 330 Å². The maximum Gasteiger partial charge on any atom is 0.402 e. The molecule has 0 saturated carbocycles. The molecule has 0 fully saturated rings. The number of fused-ring (bicyclic) bond motifs is 3. The van der Waals surface area contributed by atoms with Gasteiger partial charge in [-0.05, 0) is 70.6 Å². The number of nitrogens with zero attached hydrogens (tertiary/aromatic N) is 3. The summed E-state index contributed by atoms with van der Waals surface area (Å²) in [6.07, 6.45) is 6.82. The molecule has 8 aromatic rings. The van der Waals surface area contributed by atoms with Crippen LogP contribution in [0.1, 0.15) is 40.0 Å². The Morgan fingerprint density at radius 1 is 0.704 bits per heavy atom. The van der Waals surface area contributed by atoms with E-state index in [-0.39, 0.29) is 33.4 Å². The lowest BCUT2D eigenvalue weighted by atomic mass is 9.71. The van der Waals surface area contributed by atoms with Crippen molar-refractivity contribution in [1.29, 1.82) is 0 Å². The van der Waals surface area contributed by atoms with Crippen molar-refractivity contribution in [3.05, 3.63) is 181 Å². The van der Waals surface area contributed by atoms with Crippen molar-refractivity contribution in [3.63, 3.8) is 0 Å². The van der Waals surface area contributed by atoms with Gasteiger partial charge in [-0.15, -0.1) is 0 Å². The van der Waals surface area contributed by atoms with Crippen LogP contribution in [0.4, 0.5) is 5.69 Å². The van der Waals surface area contributed by atoms with E-state index in [1.165, 1.54) is 18.2 Å². The van der Waals surface area contributed by atoms with Gasteiger partial charge in [0.2, 0.25) is 0 Å². The summed E-state index contributed by atoms with van der Waals surface area (Å²) in [7, 11) is 0. The van der Waals surface area contributed by atoms with Gasteiger partial charge in [0.1, 0.15) is 34.9 Å². The SMILES string of the molecule is [2H]c1c([2H])c([2H])c(-c2cccc(-c3c([2H])c([2H])c([2H])c([2H])c3[2H])c2OB2[C-]=[N+](c3cccc(Oc4ccc5c6ccccc6n(-c6cc(C(C)(C)C)ccn6)c5c4)c3)C=C2)c([2H])c1[2H]. The molecule has 0 amide bonds. The molecule has 0 aliphatic carbocycles. The first-order valence-corrected chi connectivity index (χ1v) is 17.5. The smallest absolute Gasteiger partial charge is 0.402 e. The second-order valence-corrected chi connectivity index (χ2v) is 13.8. The van der Waals surface area contributed by atoms with E-state index in [0.717, 1.165) is 33.2 Å². The molecule has 3 heterocycles. The van der Waals surface area contributed by atoms with Gasteiger partial charge in [-0.25, -0.2) is 4.98 Å². The van der Waals surface area contributed by atoms with E-state index in [1.807, 2.05) is 60.8 Å². The molecule has 0 unspecified atom stereocenters. The quantitative estimate of drug-likeness (QED) is 0.0896. The van der Waals surface area contributed by atoms with Gasteiger partial charge in [-0.1, -0.05) is 130 Å². The monoisotopic (exact) mass is 709 g/mol. The molecular weight excluding hydrogens is 661 g/mol. The number of rotatable bonds is 8. The summed E-state index contributed by atoms with van der Waals surface area (Å²) >= 11 is 0. The zero-order valence-electron chi connectivity index (χ0n) is 39.7. The van der Waals surface area contributed by atoms with Crippen LogP contribution in [0.15, 0.2) is 176 Å². The zero-order chi connectivity index (χ0) is 45.4. The third-order valence-electron chi connectivity index (χ3n) is 9.29. The van der Waals surface area contributed by atoms with Crippen molar-refractivity contribution in [2.24, 2.45) is 0 Å². The van der Waals surface area contributed by atoms with Gasteiger partial charge in [0.15, 0.2) is 0 Å². The Kier molecular flexibility index (Phi) is 6.05. The van der Waals surface area contributed by atoms with E-state index in [1.54, 1.807) is 16.8 Å². The molecule has 0 bridgehead atoms. The predicted octanol–water partition coefficient (Wildman–Crippen LogP) is 11.9. The fourth-order valence-corrected chi connectivity index (χ4v) is 6.67. The van der Waals surface area contributed by atoms with Gasteiger partial charge in [0.05, 0.1) is 30.9 Å². The highest BCUT2D eigenvalue weighted by molar-refractivity contribution is 6.84. The number of hydrogen-bond acceptors (Lipinski definition) is 3. The number of para-hydroxylation sites is 2. The van der Waals surface area contributed by atoms with Crippen molar-refractivity contribution in [3.8, 4) is 45.3 Å². The van der Waals surface area contributed by atoms with Crippen LogP contribution in [-0.2, 0) is 5.41 Å². The lowest BCUT2D eigenvalue weighted by Gasteiger charge is -2.20. The van der Waals surface area contributed by atoms with Crippen LogP contribution >= 0.6 is 0 Å². The van der Waals surface area contributed by atoms with Crippen molar-refractivity contribution in [2.45, 2.75) is 26.2 Å². The van der Waals surface area contributed by atoms with Crippen LogP contribution in [0.3, 0.4) is 0 Å². The van der Waals surface area contributed by atoms with Crippen molar-refractivity contribution in [1.82, 2.24) is 9.55 Å². The molecule has 2 aromatic heterocycles. The van der Waals surface area contributed by atoms with Gasteiger partial charge >= 0.3 is 6.92 Å². The minimum atomic E-state index is -0.936. The minimum absolute atomic E-state index is 0.0613. The van der Waals surface area contributed by atoms with Gasteiger partial charge in [0, 0.05) is 34.2 Å². The van der Waals surface area contributed by atoms with E-state index in [2.05, 4.69) is 55.7 Å². The third-order valence-corrected chi connectivity index (χ3v) is 9.29. The van der Waals surface area contributed by atoms with Crippen LogP contribution in [0.2, 0.25) is 0 Å². The largest absolute Gasteiger partial charge is 0.559 e. The molecule has 1 aliphatic rings. The average Bonchev–Trinajstić information content (AvgIpc) is 3.89. The number of ether oxygens (including phenoxy) is 1. The van der Waals surface area contributed by atoms with E-state index < -0.39 is 67.3 Å².